The highest BCUT2D eigenvalue weighted by atomic mass is 16.6. The molecular formula is C21H35NO5. The van der Waals surface area contributed by atoms with Gasteiger partial charge in [-0.1, -0.05) is 62.8 Å². The van der Waals surface area contributed by atoms with Crippen molar-refractivity contribution in [2.45, 2.75) is 83.3 Å². The molecule has 0 aromatic heterocycles. The van der Waals surface area contributed by atoms with Gasteiger partial charge in [-0.2, -0.15) is 0 Å². The monoisotopic (exact) mass is 381 g/mol. The van der Waals surface area contributed by atoms with Crippen LogP contribution in [0.15, 0.2) is 17.3 Å². The summed E-state index contributed by atoms with van der Waals surface area (Å²) in [4.78, 5) is 15.5. The van der Waals surface area contributed by atoms with Crippen molar-refractivity contribution in [3.8, 4) is 0 Å². The van der Waals surface area contributed by atoms with Gasteiger partial charge in [0.15, 0.2) is 0 Å². The SMILES string of the molecule is CCCCCCCCC(O)C=CC1C[C@@H]2C(=NOCCC(=O)O)C[C@H]2C1O. The van der Waals surface area contributed by atoms with Crippen molar-refractivity contribution in [3.63, 3.8) is 0 Å². The zero-order valence-corrected chi connectivity index (χ0v) is 16.4. The fourth-order valence-corrected chi connectivity index (χ4v) is 4.10. The summed E-state index contributed by atoms with van der Waals surface area (Å²) in [6.07, 6.45) is 12.5. The van der Waals surface area contributed by atoms with E-state index in [0.717, 1.165) is 25.0 Å². The van der Waals surface area contributed by atoms with E-state index < -0.39 is 18.2 Å². The first-order chi connectivity index (χ1) is 13.0. The molecule has 2 aliphatic carbocycles. The van der Waals surface area contributed by atoms with Crippen molar-refractivity contribution < 1.29 is 25.0 Å². The number of carbonyl (C=O) groups is 1. The summed E-state index contributed by atoms with van der Waals surface area (Å²) in [7, 11) is 0. The van der Waals surface area contributed by atoms with Gasteiger partial charge in [-0.05, 0) is 25.2 Å². The first-order valence-corrected chi connectivity index (χ1v) is 10.5. The molecule has 6 heteroatoms. The fourth-order valence-electron chi connectivity index (χ4n) is 4.10. The van der Waals surface area contributed by atoms with E-state index in [1.54, 1.807) is 0 Å². The highest BCUT2D eigenvalue weighted by molar-refractivity contribution is 5.93. The van der Waals surface area contributed by atoms with E-state index in [0.29, 0.717) is 6.42 Å². The molecule has 154 valence electrons. The lowest BCUT2D eigenvalue weighted by atomic mass is 9.73. The van der Waals surface area contributed by atoms with Crippen molar-refractivity contribution in [1.82, 2.24) is 0 Å². The van der Waals surface area contributed by atoms with Crippen LogP contribution in [0.5, 0.6) is 0 Å². The van der Waals surface area contributed by atoms with Crippen LogP contribution in [-0.2, 0) is 9.63 Å². The Bertz CT molecular complexity index is 519. The maximum Gasteiger partial charge on any atom is 0.306 e. The fraction of sp³-hybridized carbons (Fsp3) is 0.810. The zero-order valence-electron chi connectivity index (χ0n) is 16.4. The number of aliphatic hydroxyl groups is 2. The molecule has 2 fully saturated rings. The molecular weight excluding hydrogens is 346 g/mol. The summed E-state index contributed by atoms with van der Waals surface area (Å²) in [5.41, 5.74) is 0.924. The molecule has 2 saturated carbocycles. The number of oxime groups is 1. The van der Waals surface area contributed by atoms with Gasteiger partial charge >= 0.3 is 5.97 Å². The van der Waals surface area contributed by atoms with Crippen LogP contribution < -0.4 is 0 Å². The lowest BCUT2D eigenvalue weighted by Crippen LogP contribution is -2.38. The summed E-state index contributed by atoms with van der Waals surface area (Å²) in [5.74, 6) is -0.430. The molecule has 0 aromatic carbocycles. The Kier molecular flexibility index (Phi) is 9.28. The summed E-state index contributed by atoms with van der Waals surface area (Å²) >= 11 is 0. The molecule has 0 heterocycles. The van der Waals surface area contributed by atoms with Gasteiger partial charge in [-0.15, -0.1) is 0 Å². The normalized spacial score (nSPS) is 29.7. The third-order valence-corrected chi connectivity index (χ3v) is 5.82. The second kappa shape index (κ2) is 11.4. The van der Waals surface area contributed by atoms with Gasteiger partial charge < -0.3 is 20.2 Å². The standard InChI is InChI=1S/C21H35NO5/c1-2-3-4-5-6-7-8-16(23)10-9-15-13-17-18(21(15)26)14-19(17)22-27-12-11-20(24)25/h9-10,15-18,21,23,26H,2-8,11-14H2,1H3,(H,24,25)/t15?,16?,17-,18+,21?/m0/s1. The number of rotatable bonds is 13. The first kappa shape index (κ1) is 21.9. The second-order valence-electron chi connectivity index (χ2n) is 7.93. The molecule has 3 unspecified atom stereocenters. The topological polar surface area (TPSA) is 99.4 Å². The van der Waals surface area contributed by atoms with Crippen LogP contribution in [0.1, 0.15) is 71.1 Å². The van der Waals surface area contributed by atoms with Gasteiger partial charge in [0.2, 0.25) is 0 Å². The number of carboxylic acids is 1. The Morgan fingerprint density at radius 1 is 1.30 bits per heavy atom. The molecule has 6 nitrogen and oxygen atoms in total. The van der Waals surface area contributed by atoms with Crippen molar-refractivity contribution in [1.29, 1.82) is 0 Å². The van der Waals surface area contributed by atoms with Crippen molar-refractivity contribution in [2.75, 3.05) is 6.61 Å². The van der Waals surface area contributed by atoms with Gasteiger partial charge in [0.1, 0.15) is 6.61 Å². The second-order valence-corrected chi connectivity index (χ2v) is 7.93. The minimum absolute atomic E-state index is 0.0472. The van der Waals surface area contributed by atoms with Gasteiger partial charge in [0.05, 0.1) is 24.3 Å². The van der Waals surface area contributed by atoms with Gasteiger partial charge in [-0.3, -0.25) is 4.79 Å². The number of nitrogens with zero attached hydrogens (tertiary/aromatic N) is 1. The zero-order chi connectivity index (χ0) is 19.6. The molecule has 0 spiro atoms. The van der Waals surface area contributed by atoms with E-state index in [2.05, 4.69) is 12.1 Å². The van der Waals surface area contributed by atoms with E-state index in [-0.39, 0.29) is 30.8 Å². The third-order valence-electron chi connectivity index (χ3n) is 5.82. The number of aliphatic hydroxyl groups excluding tert-OH is 2. The third kappa shape index (κ3) is 6.92. The van der Waals surface area contributed by atoms with Crippen LogP contribution in [0, 0.1) is 17.8 Å². The number of hydrogen-bond acceptors (Lipinski definition) is 5. The largest absolute Gasteiger partial charge is 0.481 e. The predicted molar refractivity (Wildman–Crippen MR) is 104 cm³/mol. The highest BCUT2D eigenvalue weighted by Crippen LogP contribution is 2.48. The van der Waals surface area contributed by atoms with Crippen LogP contribution in [0.2, 0.25) is 0 Å². The molecule has 3 N–H and O–H groups in total. The average molecular weight is 382 g/mol. The summed E-state index contributed by atoms with van der Waals surface area (Å²) in [6.45, 7) is 2.28. The van der Waals surface area contributed by atoms with Gasteiger partial charge in [-0.25, -0.2) is 0 Å². The molecule has 0 amide bonds. The smallest absolute Gasteiger partial charge is 0.306 e. The number of carboxylic acid groups (broad SMARTS) is 1. The van der Waals surface area contributed by atoms with Crippen molar-refractivity contribution in [3.05, 3.63) is 12.2 Å². The number of hydrogen-bond donors (Lipinski definition) is 3. The van der Waals surface area contributed by atoms with E-state index >= 15 is 0 Å². The maximum atomic E-state index is 10.5. The minimum Gasteiger partial charge on any atom is -0.481 e. The Morgan fingerprint density at radius 3 is 2.78 bits per heavy atom. The first-order valence-electron chi connectivity index (χ1n) is 10.5. The Morgan fingerprint density at radius 2 is 2.04 bits per heavy atom. The molecule has 0 saturated heterocycles. The Hall–Kier alpha value is -1.40. The maximum absolute atomic E-state index is 10.5. The molecule has 5 atom stereocenters. The molecule has 0 bridgehead atoms. The lowest BCUT2D eigenvalue weighted by molar-refractivity contribution is -0.138. The van der Waals surface area contributed by atoms with Crippen LogP contribution >= 0.6 is 0 Å². The molecule has 2 aliphatic rings. The van der Waals surface area contributed by atoms with E-state index in [1.807, 2.05) is 12.2 Å². The Balaban J connectivity index is 1.66. The minimum atomic E-state index is -0.900. The van der Waals surface area contributed by atoms with Crippen LogP contribution in [-0.4, -0.2) is 45.8 Å². The van der Waals surface area contributed by atoms with Crippen LogP contribution in [0.3, 0.4) is 0 Å². The molecule has 0 radical (unpaired) electrons. The van der Waals surface area contributed by atoms with Gasteiger partial charge in [0, 0.05) is 11.8 Å². The van der Waals surface area contributed by atoms with Crippen molar-refractivity contribution in [2.24, 2.45) is 22.9 Å². The molecule has 0 aromatic rings. The lowest BCUT2D eigenvalue weighted by Gasteiger charge is -2.33. The predicted octanol–water partition coefficient (Wildman–Crippen LogP) is 3.52. The molecule has 27 heavy (non-hydrogen) atoms. The summed E-state index contributed by atoms with van der Waals surface area (Å²) in [5, 5.41) is 33.2. The number of unbranched alkanes of at least 4 members (excludes halogenated alkanes) is 5. The van der Waals surface area contributed by atoms with E-state index in [4.69, 9.17) is 9.94 Å². The average Bonchev–Trinajstić information content (AvgIpc) is 2.86. The van der Waals surface area contributed by atoms with Gasteiger partial charge in [0.25, 0.3) is 0 Å². The van der Waals surface area contributed by atoms with Crippen molar-refractivity contribution >= 4 is 11.7 Å². The molecule has 0 aliphatic heterocycles. The summed E-state index contributed by atoms with van der Waals surface area (Å²) < 4.78 is 0. The number of fused-ring (bicyclic) bond motifs is 1. The number of aliphatic carboxylic acids is 1. The quantitative estimate of drug-likeness (QED) is 0.257. The van der Waals surface area contributed by atoms with E-state index in [9.17, 15) is 15.0 Å². The molecule has 2 rings (SSSR count). The summed E-state index contributed by atoms with van der Waals surface area (Å²) in [6, 6.07) is 0. The highest BCUT2D eigenvalue weighted by Gasteiger charge is 2.51. The van der Waals surface area contributed by atoms with E-state index in [1.165, 1.54) is 32.1 Å². The van der Waals surface area contributed by atoms with Crippen LogP contribution in [0.25, 0.3) is 0 Å². The Labute approximate surface area is 162 Å². The van der Waals surface area contributed by atoms with Crippen LogP contribution in [0.4, 0.5) is 0 Å².